The van der Waals surface area contributed by atoms with Crippen molar-refractivity contribution in [3.63, 3.8) is 0 Å². The van der Waals surface area contributed by atoms with Crippen LogP contribution in [0.1, 0.15) is 39.6 Å². The summed E-state index contributed by atoms with van der Waals surface area (Å²) in [5.74, 6) is 0.469. The minimum atomic E-state index is -0.494. The molecule has 0 saturated carbocycles. The molecular weight excluding hydrogens is 373 g/mol. The lowest BCUT2D eigenvalue weighted by Crippen LogP contribution is -2.27. The third kappa shape index (κ3) is 3.52. The number of rotatable bonds is 5. The highest BCUT2D eigenvalue weighted by atomic mass is 32.2. The Morgan fingerprint density at radius 2 is 2.15 bits per heavy atom. The fraction of sp³-hybridized carbons (Fsp3) is 0.278. The highest BCUT2D eigenvalue weighted by Crippen LogP contribution is 2.28. The highest BCUT2D eigenvalue weighted by Gasteiger charge is 2.21. The van der Waals surface area contributed by atoms with Crippen LogP contribution in [0.5, 0.6) is 0 Å². The van der Waals surface area contributed by atoms with Gasteiger partial charge in [-0.05, 0) is 31.7 Å². The predicted octanol–water partition coefficient (Wildman–Crippen LogP) is 3.79. The largest absolute Gasteiger partial charge is 0.345 e. The van der Waals surface area contributed by atoms with E-state index < -0.39 is 6.04 Å². The maximum atomic E-state index is 13.9. The number of halogens is 1. The van der Waals surface area contributed by atoms with E-state index in [9.17, 15) is 14.0 Å². The monoisotopic (exact) mass is 391 g/mol. The van der Waals surface area contributed by atoms with E-state index in [-0.39, 0.29) is 17.3 Å². The lowest BCUT2D eigenvalue weighted by molar-refractivity contribution is 0.0943. The van der Waals surface area contributed by atoms with Crippen molar-refractivity contribution >= 4 is 39.2 Å². The van der Waals surface area contributed by atoms with Gasteiger partial charge in [-0.3, -0.25) is 9.59 Å². The average Bonchev–Trinajstić information content (AvgIpc) is 2.92. The third-order valence-electron chi connectivity index (χ3n) is 4.06. The molecule has 2 aromatic heterocycles. The van der Waals surface area contributed by atoms with Gasteiger partial charge in [-0.1, -0.05) is 18.2 Å². The highest BCUT2D eigenvalue weighted by molar-refractivity contribution is 7.97. The molecular formula is C18H18FN3O2S2. The van der Waals surface area contributed by atoms with Crippen LogP contribution in [-0.4, -0.2) is 22.1 Å². The molecule has 0 unspecified atom stereocenters. The fourth-order valence-corrected chi connectivity index (χ4v) is 4.29. The fourth-order valence-electron chi connectivity index (χ4n) is 2.78. The van der Waals surface area contributed by atoms with Crippen molar-refractivity contribution in [3.05, 3.63) is 62.3 Å². The number of hydrogen-bond acceptors (Lipinski definition) is 5. The zero-order chi connectivity index (χ0) is 18.8. The van der Waals surface area contributed by atoms with E-state index in [1.54, 1.807) is 43.8 Å². The number of aromatic nitrogens is 2. The second kappa shape index (κ2) is 7.59. The topological polar surface area (TPSA) is 74.8 Å². The van der Waals surface area contributed by atoms with Gasteiger partial charge in [0.2, 0.25) is 0 Å². The zero-order valence-electron chi connectivity index (χ0n) is 14.6. The smallest absolute Gasteiger partial charge is 0.262 e. The summed E-state index contributed by atoms with van der Waals surface area (Å²) in [5, 5.41) is 3.24. The number of aromatic amines is 1. The Hall–Kier alpha value is -2.19. The molecule has 2 heterocycles. The summed E-state index contributed by atoms with van der Waals surface area (Å²) in [5.41, 5.74) is 0.763. The Kier molecular flexibility index (Phi) is 5.43. The molecule has 1 atom stereocenters. The van der Waals surface area contributed by atoms with Gasteiger partial charge in [0.1, 0.15) is 16.5 Å². The first-order valence-electron chi connectivity index (χ1n) is 7.99. The molecule has 0 bridgehead atoms. The van der Waals surface area contributed by atoms with Gasteiger partial charge in [0.05, 0.1) is 22.1 Å². The standard InChI is InChI=1S/C18H18FN3O2S2/c1-9-14-16(23)21-13(8-25-3)22-18(14)26-15(9)17(24)20-10(2)11-6-4-5-7-12(11)19/h4-7,10H,8H2,1-3H3,(H,20,24)(H,21,22,23)/t10-/m1/s1. The number of hydrogen-bond donors (Lipinski definition) is 2. The van der Waals surface area contributed by atoms with E-state index in [1.807, 2.05) is 6.26 Å². The molecule has 0 fully saturated rings. The number of carbonyl (C=O) groups excluding carboxylic acids is 1. The van der Waals surface area contributed by atoms with Crippen LogP contribution in [0.25, 0.3) is 10.2 Å². The van der Waals surface area contributed by atoms with Crippen molar-refractivity contribution in [1.82, 2.24) is 15.3 Å². The van der Waals surface area contributed by atoms with Crippen molar-refractivity contribution in [2.75, 3.05) is 6.26 Å². The lowest BCUT2D eigenvalue weighted by Gasteiger charge is -2.14. The maximum Gasteiger partial charge on any atom is 0.262 e. The van der Waals surface area contributed by atoms with Crippen molar-refractivity contribution in [1.29, 1.82) is 0 Å². The van der Waals surface area contributed by atoms with Crippen LogP contribution in [0.4, 0.5) is 4.39 Å². The first kappa shape index (κ1) is 18.6. The Balaban J connectivity index is 1.93. The van der Waals surface area contributed by atoms with E-state index in [2.05, 4.69) is 15.3 Å². The minimum Gasteiger partial charge on any atom is -0.345 e. The van der Waals surface area contributed by atoms with Gasteiger partial charge < -0.3 is 10.3 Å². The lowest BCUT2D eigenvalue weighted by atomic mass is 10.1. The number of nitrogens with zero attached hydrogens (tertiary/aromatic N) is 1. The normalized spacial score (nSPS) is 12.3. The Morgan fingerprint density at radius 3 is 2.85 bits per heavy atom. The first-order chi connectivity index (χ1) is 12.4. The minimum absolute atomic E-state index is 0.242. The first-order valence-corrected chi connectivity index (χ1v) is 10.2. The number of nitrogens with one attached hydrogen (secondary N) is 2. The van der Waals surface area contributed by atoms with Crippen molar-refractivity contribution in [3.8, 4) is 0 Å². The molecule has 0 spiro atoms. The van der Waals surface area contributed by atoms with Crippen LogP contribution in [0, 0.1) is 12.7 Å². The summed E-state index contributed by atoms with van der Waals surface area (Å²) in [6, 6.07) is 5.83. The molecule has 0 aliphatic carbocycles. The van der Waals surface area contributed by atoms with E-state index >= 15 is 0 Å². The van der Waals surface area contributed by atoms with Crippen LogP contribution in [0.15, 0.2) is 29.1 Å². The molecule has 3 aromatic rings. The van der Waals surface area contributed by atoms with Gasteiger partial charge in [0.25, 0.3) is 11.5 Å². The van der Waals surface area contributed by atoms with Crippen LogP contribution < -0.4 is 10.9 Å². The van der Waals surface area contributed by atoms with Crippen molar-refractivity contribution < 1.29 is 9.18 Å². The molecule has 8 heteroatoms. The second-order valence-corrected chi connectivity index (χ2v) is 7.76. The quantitative estimate of drug-likeness (QED) is 0.694. The molecule has 26 heavy (non-hydrogen) atoms. The van der Waals surface area contributed by atoms with Gasteiger partial charge >= 0.3 is 0 Å². The molecule has 1 aromatic carbocycles. The van der Waals surface area contributed by atoms with Crippen LogP contribution in [0.2, 0.25) is 0 Å². The number of carbonyl (C=O) groups is 1. The zero-order valence-corrected chi connectivity index (χ0v) is 16.2. The van der Waals surface area contributed by atoms with Gasteiger partial charge in [0.15, 0.2) is 0 Å². The van der Waals surface area contributed by atoms with E-state index in [1.165, 1.54) is 17.4 Å². The number of amides is 1. The Labute approximate surface area is 158 Å². The molecule has 0 saturated heterocycles. The van der Waals surface area contributed by atoms with E-state index in [0.29, 0.717) is 37.8 Å². The van der Waals surface area contributed by atoms with Crippen LogP contribution in [-0.2, 0) is 5.75 Å². The van der Waals surface area contributed by atoms with E-state index in [0.717, 1.165) is 0 Å². The molecule has 0 radical (unpaired) electrons. The summed E-state index contributed by atoms with van der Waals surface area (Å²) < 4.78 is 13.9. The number of thiophene rings is 1. The number of aryl methyl sites for hydroxylation is 1. The molecule has 3 rings (SSSR count). The Bertz CT molecular complexity index is 1030. The third-order valence-corrected chi connectivity index (χ3v) is 5.80. The molecule has 2 N–H and O–H groups in total. The van der Waals surface area contributed by atoms with Crippen molar-refractivity contribution in [2.45, 2.75) is 25.6 Å². The summed E-state index contributed by atoms with van der Waals surface area (Å²) in [7, 11) is 0. The molecule has 0 aliphatic heterocycles. The summed E-state index contributed by atoms with van der Waals surface area (Å²) in [4.78, 5) is 33.2. The predicted molar refractivity (Wildman–Crippen MR) is 104 cm³/mol. The molecule has 0 aliphatic rings. The summed E-state index contributed by atoms with van der Waals surface area (Å²) in [6.45, 7) is 3.45. The maximum absolute atomic E-state index is 13.9. The average molecular weight is 391 g/mol. The van der Waals surface area contributed by atoms with Gasteiger partial charge in [-0.15, -0.1) is 11.3 Å². The Morgan fingerprint density at radius 1 is 1.42 bits per heavy atom. The van der Waals surface area contributed by atoms with Gasteiger partial charge in [-0.25, -0.2) is 9.37 Å². The SMILES string of the molecule is CSCc1nc2sc(C(=O)N[C@H](C)c3ccccc3F)c(C)c2c(=O)[nH]1. The molecule has 1 amide bonds. The van der Waals surface area contributed by atoms with E-state index in [4.69, 9.17) is 0 Å². The van der Waals surface area contributed by atoms with Gasteiger partial charge in [-0.2, -0.15) is 11.8 Å². The number of H-pyrrole nitrogens is 1. The summed E-state index contributed by atoms with van der Waals surface area (Å²) in [6.07, 6.45) is 1.92. The van der Waals surface area contributed by atoms with Crippen LogP contribution in [0.3, 0.4) is 0 Å². The van der Waals surface area contributed by atoms with Crippen molar-refractivity contribution in [2.24, 2.45) is 0 Å². The van der Waals surface area contributed by atoms with Gasteiger partial charge in [0, 0.05) is 5.56 Å². The molecule has 136 valence electrons. The number of benzene rings is 1. The second-order valence-electron chi connectivity index (χ2n) is 5.90. The number of fused-ring (bicyclic) bond motifs is 1. The van der Waals surface area contributed by atoms with Crippen LogP contribution >= 0.6 is 23.1 Å². The molecule has 5 nitrogen and oxygen atoms in total. The summed E-state index contributed by atoms with van der Waals surface area (Å²) >= 11 is 2.74. The number of thioether (sulfide) groups is 1.